The highest BCUT2D eigenvalue weighted by Crippen LogP contribution is 2.47. The molecule has 0 radical (unpaired) electrons. The summed E-state index contributed by atoms with van der Waals surface area (Å²) in [4.78, 5) is 2.65. The highest BCUT2D eigenvalue weighted by molar-refractivity contribution is 5.04. The number of hydrogen-bond acceptors (Lipinski definition) is 2. The maximum absolute atomic E-state index is 6.28. The van der Waals surface area contributed by atoms with Crippen LogP contribution in [0.3, 0.4) is 0 Å². The molecule has 2 fully saturated rings. The fraction of sp³-hybridized carbons (Fsp3) is 1.00. The number of likely N-dealkylation sites (N-methyl/N-ethyl adjacent to an activating group) is 1. The van der Waals surface area contributed by atoms with Crippen LogP contribution >= 0.6 is 0 Å². The smallest absolute Gasteiger partial charge is 0.0379 e. The normalized spacial score (nSPS) is 32.7. The highest BCUT2D eigenvalue weighted by atomic mass is 15.2. The molecular weight excluding hydrogens is 232 g/mol. The third kappa shape index (κ3) is 3.00. The molecule has 19 heavy (non-hydrogen) atoms. The summed E-state index contributed by atoms with van der Waals surface area (Å²) < 4.78 is 0. The van der Waals surface area contributed by atoms with Crippen molar-refractivity contribution in [2.75, 3.05) is 20.1 Å². The van der Waals surface area contributed by atoms with Crippen molar-refractivity contribution in [3.05, 3.63) is 0 Å². The van der Waals surface area contributed by atoms with Crippen molar-refractivity contribution in [2.24, 2.45) is 17.1 Å². The van der Waals surface area contributed by atoms with Crippen molar-refractivity contribution in [3.8, 4) is 0 Å². The fourth-order valence-electron chi connectivity index (χ4n) is 4.73. The first-order valence-electron chi connectivity index (χ1n) is 8.43. The predicted molar refractivity (Wildman–Crippen MR) is 83.2 cm³/mol. The molecule has 1 unspecified atom stereocenters. The summed E-state index contributed by atoms with van der Waals surface area (Å²) in [6.45, 7) is 6.97. The Bertz CT molecular complexity index is 281. The van der Waals surface area contributed by atoms with Crippen molar-refractivity contribution in [1.82, 2.24) is 4.90 Å². The molecule has 2 N–H and O–H groups in total. The van der Waals surface area contributed by atoms with Crippen LogP contribution in [0.5, 0.6) is 0 Å². The SMILES string of the molecule is CN(CC1CCCCC1)C1(CN)CCCCC1(C)C. The molecular formula is C17H34N2. The van der Waals surface area contributed by atoms with E-state index >= 15 is 0 Å². The second-order valence-electron chi connectivity index (χ2n) is 7.71. The Labute approximate surface area is 120 Å². The fourth-order valence-corrected chi connectivity index (χ4v) is 4.73. The van der Waals surface area contributed by atoms with E-state index in [9.17, 15) is 0 Å². The van der Waals surface area contributed by atoms with E-state index in [0.717, 1.165) is 12.5 Å². The van der Waals surface area contributed by atoms with Crippen LogP contribution in [0.25, 0.3) is 0 Å². The molecule has 2 nitrogen and oxygen atoms in total. The Morgan fingerprint density at radius 1 is 1.00 bits per heavy atom. The van der Waals surface area contributed by atoms with E-state index in [1.54, 1.807) is 0 Å². The molecule has 0 aromatic rings. The summed E-state index contributed by atoms with van der Waals surface area (Å²) in [7, 11) is 2.34. The molecule has 112 valence electrons. The molecule has 0 heterocycles. The Morgan fingerprint density at radius 2 is 1.63 bits per heavy atom. The van der Waals surface area contributed by atoms with Crippen LogP contribution in [0.1, 0.15) is 71.6 Å². The summed E-state index contributed by atoms with van der Waals surface area (Å²) in [5, 5.41) is 0. The number of nitrogens with zero attached hydrogens (tertiary/aromatic N) is 1. The Kier molecular flexibility index (Phi) is 4.94. The van der Waals surface area contributed by atoms with Crippen molar-refractivity contribution < 1.29 is 0 Å². The Balaban J connectivity index is 2.06. The van der Waals surface area contributed by atoms with Gasteiger partial charge in [0, 0.05) is 18.6 Å². The zero-order chi connectivity index (χ0) is 13.9. The second kappa shape index (κ2) is 6.13. The molecule has 0 amide bonds. The van der Waals surface area contributed by atoms with Crippen LogP contribution in [0.15, 0.2) is 0 Å². The average Bonchev–Trinajstić information content (AvgIpc) is 2.39. The minimum absolute atomic E-state index is 0.239. The number of rotatable bonds is 4. The van der Waals surface area contributed by atoms with Gasteiger partial charge in [0.25, 0.3) is 0 Å². The monoisotopic (exact) mass is 266 g/mol. The molecule has 0 bridgehead atoms. The van der Waals surface area contributed by atoms with E-state index in [2.05, 4.69) is 25.8 Å². The number of nitrogens with two attached hydrogens (primary N) is 1. The highest BCUT2D eigenvalue weighted by Gasteiger charge is 2.48. The number of hydrogen-bond donors (Lipinski definition) is 1. The topological polar surface area (TPSA) is 29.3 Å². The van der Waals surface area contributed by atoms with Crippen LogP contribution in [0.4, 0.5) is 0 Å². The third-order valence-electron chi connectivity index (χ3n) is 6.23. The van der Waals surface area contributed by atoms with Crippen molar-refractivity contribution >= 4 is 0 Å². The summed E-state index contributed by atoms with van der Waals surface area (Å²) in [6, 6.07) is 0. The minimum atomic E-state index is 0.239. The summed E-state index contributed by atoms with van der Waals surface area (Å²) in [5.74, 6) is 0.917. The van der Waals surface area contributed by atoms with Gasteiger partial charge in [-0.15, -0.1) is 0 Å². The van der Waals surface area contributed by atoms with Crippen molar-refractivity contribution in [2.45, 2.75) is 77.2 Å². The molecule has 2 heteroatoms. The van der Waals surface area contributed by atoms with Gasteiger partial charge in [-0.25, -0.2) is 0 Å². The van der Waals surface area contributed by atoms with Crippen LogP contribution in [0, 0.1) is 11.3 Å². The standard InChI is InChI=1S/C17H34N2/c1-16(2)11-7-8-12-17(16,14-18)19(3)13-15-9-5-4-6-10-15/h15H,4-14,18H2,1-3H3. The maximum Gasteiger partial charge on any atom is 0.0379 e. The van der Waals surface area contributed by atoms with E-state index in [1.165, 1.54) is 64.3 Å². The molecule has 0 saturated heterocycles. The van der Waals surface area contributed by atoms with E-state index in [4.69, 9.17) is 5.73 Å². The van der Waals surface area contributed by atoms with Gasteiger partial charge >= 0.3 is 0 Å². The Morgan fingerprint density at radius 3 is 2.21 bits per heavy atom. The maximum atomic E-state index is 6.28. The molecule has 2 saturated carbocycles. The minimum Gasteiger partial charge on any atom is -0.329 e. The van der Waals surface area contributed by atoms with Gasteiger partial charge in [-0.05, 0) is 44.1 Å². The van der Waals surface area contributed by atoms with E-state index in [0.29, 0.717) is 5.41 Å². The van der Waals surface area contributed by atoms with Gasteiger partial charge in [0.2, 0.25) is 0 Å². The summed E-state index contributed by atoms with van der Waals surface area (Å²) in [5.41, 5.74) is 6.88. The quantitative estimate of drug-likeness (QED) is 0.838. The largest absolute Gasteiger partial charge is 0.329 e. The van der Waals surface area contributed by atoms with Gasteiger partial charge in [0.15, 0.2) is 0 Å². The lowest BCUT2D eigenvalue weighted by Gasteiger charge is -2.55. The first-order chi connectivity index (χ1) is 9.02. The zero-order valence-electron chi connectivity index (χ0n) is 13.4. The lowest BCUT2D eigenvalue weighted by Crippen LogP contribution is -2.63. The summed E-state index contributed by atoms with van der Waals surface area (Å²) in [6.07, 6.45) is 12.6. The predicted octanol–water partition coefficient (Wildman–Crippen LogP) is 3.80. The average molecular weight is 266 g/mol. The lowest BCUT2D eigenvalue weighted by molar-refractivity contribution is -0.0381. The third-order valence-corrected chi connectivity index (χ3v) is 6.23. The van der Waals surface area contributed by atoms with Crippen molar-refractivity contribution in [3.63, 3.8) is 0 Å². The second-order valence-corrected chi connectivity index (χ2v) is 7.71. The lowest BCUT2D eigenvalue weighted by atomic mass is 9.62. The van der Waals surface area contributed by atoms with Crippen LogP contribution in [0.2, 0.25) is 0 Å². The van der Waals surface area contributed by atoms with Crippen LogP contribution in [-0.4, -0.2) is 30.6 Å². The first-order valence-corrected chi connectivity index (χ1v) is 8.43. The van der Waals surface area contributed by atoms with Crippen LogP contribution < -0.4 is 5.73 Å². The van der Waals surface area contributed by atoms with Gasteiger partial charge in [0.1, 0.15) is 0 Å². The molecule has 2 aliphatic rings. The van der Waals surface area contributed by atoms with Gasteiger partial charge in [-0.1, -0.05) is 46.0 Å². The Hall–Kier alpha value is -0.0800. The molecule has 0 aliphatic heterocycles. The van der Waals surface area contributed by atoms with Crippen molar-refractivity contribution in [1.29, 1.82) is 0 Å². The molecule has 0 aromatic carbocycles. The summed E-state index contributed by atoms with van der Waals surface area (Å²) >= 11 is 0. The molecule has 0 aromatic heterocycles. The first kappa shape index (κ1) is 15.3. The van der Waals surface area contributed by atoms with E-state index < -0.39 is 0 Å². The molecule has 0 spiro atoms. The molecule has 1 atom stereocenters. The van der Waals surface area contributed by atoms with E-state index in [-0.39, 0.29) is 5.54 Å². The van der Waals surface area contributed by atoms with E-state index in [1.807, 2.05) is 0 Å². The molecule has 2 aliphatic carbocycles. The van der Waals surface area contributed by atoms with Gasteiger partial charge in [-0.2, -0.15) is 0 Å². The van der Waals surface area contributed by atoms with Crippen LogP contribution in [-0.2, 0) is 0 Å². The zero-order valence-corrected chi connectivity index (χ0v) is 13.4. The van der Waals surface area contributed by atoms with Gasteiger partial charge in [-0.3, -0.25) is 4.90 Å². The molecule has 2 rings (SSSR count). The van der Waals surface area contributed by atoms with Gasteiger partial charge < -0.3 is 5.73 Å². The van der Waals surface area contributed by atoms with Gasteiger partial charge in [0.05, 0.1) is 0 Å².